The zero-order valence-electron chi connectivity index (χ0n) is 16.0. The van der Waals surface area contributed by atoms with Gasteiger partial charge in [-0.15, -0.1) is 0 Å². The molecule has 150 valence electrons. The summed E-state index contributed by atoms with van der Waals surface area (Å²) in [5, 5.41) is 2.82. The number of aromatic nitrogens is 1. The van der Waals surface area contributed by atoms with Gasteiger partial charge in [-0.2, -0.15) is 0 Å². The van der Waals surface area contributed by atoms with Gasteiger partial charge in [-0.05, 0) is 48.9 Å². The summed E-state index contributed by atoms with van der Waals surface area (Å²) in [4.78, 5) is 16.6. The number of carbonyl (C=O) groups is 1. The largest absolute Gasteiger partial charge is 0.495 e. The van der Waals surface area contributed by atoms with E-state index in [0.717, 1.165) is 11.1 Å². The van der Waals surface area contributed by atoms with Crippen LogP contribution in [0.4, 0.5) is 11.4 Å². The van der Waals surface area contributed by atoms with Gasteiger partial charge >= 0.3 is 0 Å². The molecule has 1 atom stereocenters. The van der Waals surface area contributed by atoms with E-state index in [2.05, 4.69) is 10.3 Å². The topological polar surface area (TPSA) is 91.8 Å². The molecule has 0 aliphatic heterocycles. The second-order valence-corrected chi connectivity index (χ2v) is 7.12. The van der Waals surface area contributed by atoms with E-state index in [1.807, 2.05) is 25.1 Å². The number of hydrogen-bond donors (Lipinski definition) is 2. The molecular weight excluding hydrogens is 390 g/mol. The Kier molecular flexibility index (Phi) is 6.58. The minimum Gasteiger partial charge on any atom is -0.495 e. The molecule has 0 aliphatic carbocycles. The second-order valence-electron chi connectivity index (χ2n) is 6.29. The molecule has 0 spiro atoms. The Morgan fingerprint density at radius 1 is 1.21 bits per heavy atom. The van der Waals surface area contributed by atoms with Crippen molar-refractivity contribution in [1.82, 2.24) is 10.3 Å². The standard InChI is InChI=1S/C21H21N3O4S/c1-15-5-8-18(9-6-15)24(29(26)27)19-12-17(7-10-20(19)28-2)21(25)23-14-16-4-3-11-22-13-16/h3-13H,14H2,1-2H3,(H,23,25)(H,26,27). The lowest BCUT2D eigenvalue weighted by Crippen LogP contribution is -2.24. The van der Waals surface area contributed by atoms with Crippen LogP contribution in [-0.2, 0) is 17.8 Å². The number of nitrogens with zero attached hydrogens (tertiary/aromatic N) is 2. The molecule has 2 N–H and O–H groups in total. The molecule has 1 aromatic heterocycles. The molecule has 29 heavy (non-hydrogen) atoms. The van der Waals surface area contributed by atoms with Gasteiger partial charge in [0.05, 0.1) is 18.5 Å². The highest BCUT2D eigenvalue weighted by atomic mass is 32.2. The summed E-state index contributed by atoms with van der Waals surface area (Å²) in [6, 6.07) is 15.5. The first-order chi connectivity index (χ1) is 14.0. The van der Waals surface area contributed by atoms with Gasteiger partial charge in [0.15, 0.2) is 0 Å². The van der Waals surface area contributed by atoms with E-state index in [-0.39, 0.29) is 5.91 Å². The molecule has 7 nitrogen and oxygen atoms in total. The second kappa shape index (κ2) is 9.31. The van der Waals surface area contributed by atoms with Crippen molar-refractivity contribution in [3.05, 3.63) is 83.7 Å². The third-order valence-electron chi connectivity index (χ3n) is 4.26. The molecule has 3 aromatic rings. The van der Waals surface area contributed by atoms with Gasteiger partial charge in [0, 0.05) is 24.5 Å². The lowest BCUT2D eigenvalue weighted by Gasteiger charge is -2.23. The van der Waals surface area contributed by atoms with Gasteiger partial charge in [-0.25, -0.2) is 8.51 Å². The highest BCUT2D eigenvalue weighted by molar-refractivity contribution is 7.81. The van der Waals surface area contributed by atoms with Crippen LogP contribution >= 0.6 is 0 Å². The first kappa shape index (κ1) is 20.5. The van der Waals surface area contributed by atoms with E-state index in [1.54, 1.807) is 42.7 Å². The van der Waals surface area contributed by atoms with Crippen LogP contribution in [0.1, 0.15) is 21.5 Å². The van der Waals surface area contributed by atoms with E-state index in [0.29, 0.717) is 29.2 Å². The molecule has 8 heteroatoms. The summed E-state index contributed by atoms with van der Waals surface area (Å²) >= 11 is -2.37. The first-order valence-corrected chi connectivity index (χ1v) is 9.89. The zero-order valence-corrected chi connectivity index (χ0v) is 16.8. The highest BCUT2D eigenvalue weighted by Gasteiger charge is 2.21. The fourth-order valence-corrected chi connectivity index (χ4v) is 3.38. The molecule has 0 radical (unpaired) electrons. The summed E-state index contributed by atoms with van der Waals surface area (Å²) < 4.78 is 28.6. The van der Waals surface area contributed by atoms with E-state index >= 15 is 0 Å². The summed E-state index contributed by atoms with van der Waals surface area (Å²) in [7, 11) is 1.47. The lowest BCUT2D eigenvalue weighted by molar-refractivity contribution is 0.0951. The van der Waals surface area contributed by atoms with E-state index in [4.69, 9.17) is 4.74 Å². The number of benzene rings is 2. The molecule has 3 rings (SSSR count). The number of nitrogens with one attached hydrogen (secondary N) is 1. The van der Waals surface area contributed by atoms with Crippen molar-refractivity contribution in [3.8, 4) is 5.75 Å². The van der Waals surface area contributed by atoms with Gasteiger partial charge in [0.1, 0.15) is 5.75 Å². The average Bonchev–Trinajstić information content (AvgIpc) is 2.74. The predicted molar refractivity (Wildman–Crippen MR) is 112 cm³/mol. The average molecular weight is 411 g/mol. The fourth-order valence-electron chi connectivity index (χ4n) is 2.77. The fraction of sp³-hybridized carbons (Fsp3) is 0.143. The molecule has 0 saturated heterocycles. The molecule has 0 bridgehead atoms. The molecule has 2 aromatic carbocycles. The van der Waals surface area contributed by atoms with Crippen LogP contribution in [0.15, 0.2) is 67.0 Å². The van der Waals surface area contributed by atoms with Gasteiger partial charge < -0.3 is 10.1 Å². The number of aryl methyl sites for hydroxylation is 1. The van der Waals surface area contributed by atoms with Crippen LogP contribution < -0.4 is 14.4 Å². The number of ether oxygens (including phenoxy) is 1. The normalized spacial score (nSPS) is 11.6. The first-order valence-electron chi connectivity index (χ1n) is 8.82. The Morgan fingerprint density at radius 3 is 2.59 bits per heavy atom. The summed E-state index contributed by atoms with van der Waals surface area (Å²) in [5.41, 5.74) is 3.04. The van der Waals surface area contributed by atoms with Crippen LogP contribution in [0.5, 0.6) is 5.75 Å². The monoisotopic (exact) mass is 411 g/mol. The Labute approximate surface area is 171 Å². The SMILES string of the molecule is COc1ccc(C(=O)NCc2cccnc2)cc1N(c1ccc(C)cc1)S(=O)O. The van der Waals surface area contributed by atoms with Crippen molar-refractivity contribution in [2.75, 3.05) is 11.4 Å². The van der Waals surface area contributed by atoms with Crippen molar-refractivity contribution >= 4 is 28.5 Å². The Morgan fingerprint density at radius 2 is 1.97 bits per heavy atom. The Balaban J connectivity index is 1.91. The number of rotatable bonds is 7. The zero-order chi connectivity index (χ0) is 20.8. The molecule has 0 aliphatic rings. The van der Waals surface area contributed by atoms with Crippen molar-refractivity contribution in [1.29, 1.82) is 0 Å². The van der Waals surface area contributed by atoms with Gasteiger partial charge in [0.2, 0.25) is 0 Å². The van der Waals surface area contributed by atoms with E-state index in [9.17, 15) is 13.6 Å². The third-order valence-corrected chi connectivity index (χ3v) is 4.98. The molecule has 1 amide bonds. The van der Waals surface area contributed by atoms with Crippen LogP contribution in [0.2, 0.25) is 0 Å². The van der Waals surface area contributed by atoms with Crippen LogP contribution in [0, 0.1) is 6.92 Å². The van der Waals surface area contributed by atoms with Crippen LogP contribution in [0.3, 0.4) is 0 Å². The molecule has 0 fully saturated rings. The molecule has 1 heterocycles. The lowest BCUT2D eigenvalue weighted by atomic mass is 10.1. The van der Waals surface area contributed by atoms with Crippen LogP contribution in [0.25, 0.3) is 0 Å². The third kappa shape index (κ3) is 4.98. The maximum atomic E-state index is 12.6. The van der Waals surface area contributed by atoms with Crippen LogP contribution in [-0.4, -0.2) is 26.8 Å². The van der Waals surface area contributed by atoms with Gasteiger partial charge in [0.25, 0.3) is 17.2 Å². The summed E-state index contributed by atoms with van der Waals surface area (Å²) in [6.07, 6.45) is 3.34. The van der Waals surface area contributed by atoms with Gasteiger partial charge in [-0.3, -0.25) is 14.3 Å². The maximum absolute atomic E-state index is 12.6. The summed E-state index contributed by atoms with van der Waals surface area (Å²) in [6.45, 7) is 2.25. The number of pyridine rings is 1. The Hall–Kier alpha value is -3.23. The van der Waals surface area contributed by atoms with E-state index in [1.165, 1.54) is 17.5 Å². The van der Waals surface area contributed by atoms with Crippen molar-refractivity contribution in [2.24, 2.45) is 0 Å². The number of anilines is 2. The predicted octanol–water partition coefficient (Wildman–Crippen LogP) is 3.60. The van der Waals surface area contributed by atoms with Crippen molar-refractivity contribution in [3.63, 3.8) is 0 Å². The number of methoxy groups -OCH3 is 1. The number of amides is 1. The van der Waals surface area contributed by atoms with Crippen molar-refractivity contribution < 1.29 is 18.3 Å². The maximum Gasteiger partial charge on any atom is 0.266 e. The summed E-state index contributed by atoms with van der Waals surface area (Å²) in [5.74, 6) is 0.0575. The molecule has 0 saturated carbocycles. The number of hydrogen-bond acceptors (Lipinski definition) is 4. The Bertz CT molecular complexity index is 1010. The smallest absolute Gasteiger partial charge is 0.266 e. The minimum atomic E-state index is -2.37. The van der Waals surface area contributed by atoms with Crippen molar-refractivity contribution in [2.45, 2.75) is 13.5 Å². The quantitative estimate of drug-likeness (QED) is 0.580. The van der Waals surface area contributed by atoms with E-state index < -0.39 is 11.3 Å². The minimum absolute atomic E-state index is 0.311. The van der Waals surface area contributed by atoms with Gasteiger partial charge in [-0.1, -0.05) is 23.8 Å². The highest BCUT2D eigenvalue weighted by Crippen LogP contribution is 2.35. The molecular formula is C21H21N3O4S. The molecule has 1 unspecified atom stereocenters. The number of carbonyl (C=O) groups excluding carboxylic acids is 1.